The molecule has 1 saturated heterocycles. The number of benzene rings is 1. The van der Waals surface area contributed by atoms with E-state index in [4.69, 9.17) is 4.98 Å². The highest BCUT2D eigenvalue weighted by molar-refractivity contribution is 7.22. The fourth-order valence-electron chi connectivity index (χ4n) is 2.68. The van der Waals surface area contributed by atoms with Crippen molar-refractivity contribution in [2.75, 3.05) is 31.1 Å². The molecular weight excluding hydrogens is 294 g/mol. The van der Waals surface area contributed by atoms with Crippen molar-refractivity contribution >= 4 is 32.6 Å². The van der Waals surface area contributed by atoms with Crippen molar-refractivity contribution < 1.29 is 4.79 Å². The second kappa shape index (κ2) is 6.08. The van der Waals surface area contributed by atoms with Gasteiger partial charge in [-0.3, -0.25) is 4.79 Å². The third-order valence-electron chi connectivity index (χ3n) is 4.05. The van der Waals surface area contributed by atoms with Crippen molar-refractivity contribution in [3.63, 3.8) is 0 Å². The molecule has 0 aliphatic carbocycles. The molecule has 0 unspecified atom stereocenters. The van der Waals surface area contributed by atoms with E-state index in [-0.39, 0.29) is 5.91 Å². The minimum Gasteiger partial charge on any atom is -0.345 e. The molecule has 1 aliphatic heterocycles. The first-order valence-electron chi connectivity index (χ1n) is 7.67. The molecule has 1 fully saturated rings. The first kappa shape index (κ1) is 15.0. The van der Waals surface area contributed by atoms with Gasteiger partial charge in [-0.25, -0.2) is 4.98 Å². The molecule has 2 heterocycles. The lowest BCUT2D eigenvalue weighted by Gasteiger charge is -2.34. The molecule has 1 aromatic carbocycles. The molecular formula is C17H21N3OS. The van der Waals surface area contributed by atoms with Gasteiger partial charge in [-0.15, -0.1) is 0 Å². The number of thiazole rings is 1. The maximum Gasteiger partial charge on any atom is 0.249 e. The summed E-state index contributed by atoms with van der Waals surface area (Å²) in [6.07, 6.45) is 1.05. The number of aromatic nitrogens is 1. The van der Waals surface area contributed by atoms with Crippen LogP contribution in [0.2, 0.25) is 0 Å². The standard InChI is InChI=1S/C17H21N3OS/c1-4-13-5-6-14-15(11-13)22-17(18-14)20-9-7-19(8-10-20)16(21)12(2)3/h5-6,11H,2,4,7-10H2,1,3H3. The molecule has 0 bridgehead atoms. The van der Waals surface area contributed by atoms with Gasteiger partial charge in [0.15, 0.2) is 5.13 Å². The molecule has 4 nitrogen and oxygen atoms in total. The highest BCUT2D eigenvalue weighted by Gasteiger charge is 2.23. The largest absolute Gasteiger partial charge is 0.345 e. The Morgan fingerprint density at radius 3 is 2.68 bits per heavy atom. The first-order valence-corrected chi connectivity index (χ1v) is 8.49. The van der Waals surface area contributed by atoms with E-state index in [0.29, 0.717) is 5.57 Å². The van der Waals surface area contributed by atoms with E-state index in [9.17, 15) is 4.79 Å². The molecule has 0 atom stereocenters. The molecule has 0 N–H and O–H groups in total. The molecule has 1 aliphatic rings. The number of piperazine rings is 1. The van der Waals surface area contributed by atoms with Crippen molar-refractivity contribution in [1.82, 2.24) is 9.88 Å². The zero-order valence-corrected chi connectivity index (χ0v) is 13.9. The van der Waals surface area contributed by atoms with Crippen molar-refractivity contribution in [3.8, 4) is 0 Å². The average molecular weight is 315 g/mol. The highest BCUT2D eigenvalue weighted by atomic mass is 32.1. The van der Waals surface area contributed by atoms with Crippen LogP contribution in [0.3, 0.4) is 0 Å². The summed E-state index contributed by atoms with van der Waals surface area (Å²) in [4.78, 5) is 20.8. The lowest BCUT2D eigenvalue weighted by Crippen LogP contribution is -2.48. The van der Waals surface area contributed by atoms with E-state index in [1.807, 2.05) is 4.90 Å². The molecule has 116 valence electrons. The van der Waals surface area contributed by atoms with Crippen molar-refractivity contribution in [2.24, 2.45) is 0 Å². The van der Waals surface area contributed by atoms with Crippen molar-refractivity contribution in [2.45, 2.75) is 20.3 Å². The van der Waals surface area contributed by atoms with Crippen LogP contribution in [0.5, 0.6) is 0 Å². The van der Waals surface area contributed by atoms with Gasteiger partial charge in [0.05, 0.1) is 10.2 Å². The lowest BCUT2D eigenvalue weighted by atomic mass is 10.2. The number of hydrogen-bond donors (Lipinski definition) is 0. The van der Waals surface area contributed by atoms with Crippen LogP contribution in [0.25, 0.3) is 10.2 Å². The maximum absolute atomic E-state index is 11.9. The average Bonchev–Trinajstić information content (AvgIpc) is 2.97. The number of anilines is 1. The van der Waals surface area contributed by atoms with Crippen LogP contribution >= 0.6 is 11.3 Å². The minimum absolute atomic E-state index is 0.0662. The second-order valence-corrected chi connectivity index (χ2v) is 6.72. The van der Waals surface area contributed by atoms with Crippen LogP contribution in [-0.2, 0) is 11.2 Å². The molecule has 22 heavy (non-hydrogen) atoms. The summed E-state index contributed by atoms with van der Waals surface area (Å²) in [6.45, 7) is 10.8. The van der Waals surface area contributed by atoms with E-state index in [0.717, 1.165) is 43.2 Å². The normalized spacial score (nSPS) is 15.4. The molecule has 0 radical (unpaired) electrons. The van der Waals surface area contributed by atoms with E-state index < -0.39 is 0 Å². The maximum atomic E-state index is 11.9. The van der Waals surface area contributed by atoms with E-state index in [1.54, 1.807) is 18.3 Å². The zero-order valence-electron chi connectivity index (χ0n) is 13.1. The van der Waals surface area contributed by atoms with Crippen LogP contribution in [0, 0.1) is 0 Å². The van der Waals surface area contributed by atoms with Gasteiger partial charge in [-0.2, -0.15) is 0 Å². The molecule has 5 heteroatoms. The Morgan fingerprint density at radius 2 is 2.05 bits per heavy atom. The number of rotatable bonds is 3. The second-order valence-electron chi connectivity index (χ2n) is 5.71. The Kier molecular flexibility index (Phi) is 4.16. The number of carbonyl (C=O) groups is 1. The van der Waals surface area contributed by atoms with Crippen LogP contribution in [0.1, 0.15) is 19.4 Å². The molecule has 2 aromatic rings. The highest BCUT2D eigenvalue weighted by Crippen LogP contribution is 2.30. The Hall–Kier alpha value is -1.88. The van der Waals surface area contributed by atoms with Crippen LogP contribution in [0.15, 0.2) is 30.4 Å². The van der Waals surface area contributed by atoms with Gasteiger partial charge in [-0.05, 0) is 31.0 Å². The van der Waals surface area contributed by atoms with Gasteiger partial charge in [0.1, 0.15) is 0 Å². The number of carbonyl (C=O) groups excluding carboxylic acids is 1. The summed E-state index contributed by atoms with van der Waals surface area (Å²) >= 11 is 1.74. The predicted octanol–water partition coefficient (Wildman–Crippen LogP) is 3.08. The monoisotopic (exact) mass is 315 g/mol. The van der Waals surface area contributed by atoms with E-state index in [1.165, 1.54) is 10.3 Å². The molecule has 1 amide bonds. The number of amides is 1. The van der Waals surface area contributed by atoms with Crippen molar-refractivity contribution in [3.05, 3.63) is 35.9 Å². The lowest BCUT2D eigenvalue weighted by molar-refractivity contribution is -0.127. The van der Waals surface area contributed by atoms with Gasteiger partial charge in [0.2, 0.25) is 5.91 Å². The van der Waals surface area contributed by atoms with Crippen LogP contribution in [0.4, 0.5) is 5.13 Å². The van der Waals surface area contributed by atoms with E-state index >= 15 is 0 Å². The topological polar surface area (TPSA) is 36.4 Å². The van der Waals surface area contributed by atoms with Gasteiger partial charge >= 0.3 is 0 Å². The minimum atomic E-state index is 0.0662. The van der Waals surface area contributed by atoms with Crippen molar-refractivity contribution in [1.29, 1.82) is 0 Å². The number of hydrogen-bond acceptors (Lipinski definition) is 4. The quantitative estimate of drug-likeness (QED) is 0.817. The SMILES string of the molecule is C=C(C)C(=O)N1CCN(c2nc3ccc(CC)cc3s2)CC1. The van der Waals surface area contributed by atoms with Gasteiger partial charge in [-0.1, -0.05) is 30.9 Å². The van der Waals surface area contributed by atoms with Gasteiger partial charge < -0.3 is 9.80 Å². The first-order chi connectivity index (χ1) is 10.6. The molecule has 1 aromatic heterocycles. The Bertz CT molecular complexity index is 714. The van der Waals surface area contributed by atoms with Crippen LogP contribution in [-0.4, -0.2) is 42.0 Å². The number of aryl methyl sites for hydroxylation is 1. The molecule has 0 spiro atoms. The molecule has 3 rings (SSSR count). The van der Waals surface area contributed by atoms with E-state index in [2.05, 4.69) is 36.6 Å². The summed E-state index contributed by atoms with van der Waals surface area (Å²) in [7, 11) is 0. The summed E-state index contributed by atoms with van der Waals surface area (Å²) in [6, 6.07) is 6.49. The Morgan fingerprint density at radius 1 is 1.32 bits per heavy atom. The summed E-state index contributed by atoms with van der Waals surface area (Å²) < 4.78 is 1.25. The zero-order chi connectivity index (χ0) is 15.7. The van der Waals surface area contributed by atoms with Gasteiger partial charge in [0, 0.05) is 31.8 Å². The summed E-state index contributed by atoms with van der Waals surface area (Å²) in [5, 5.41) is 1.06. The van der Waals surface area contributed by atoms with Crippen LogP contribution < -0.4 is 4.90 Å². The Labute approximate surface area is 135 Å². The predicted molar refractivity (Wildman–Crippen MR) is 92.6 cm³/mol. The number of fused-ring (bicyclic) bond motifs is 1. The fourth-order valence-corrected chi connectivity index (χ4v) is 3.76. The fraction of sp³-hybridized carbons (Fsp3) is 0.412. The molecule has 0 saturated carbocycles. The Balaban J connectivity index is 1.73. The smallest absolute Gasteiger partial charge is 0.249 e. The summed E-state index contributed by atoms with van der Waals surface area (Å²) in [5.41, 5.74) is 3.03. The summed E-state index contributed by atoms with van der Waals surface area (Å²) in [5.74, 6) is 0.0662. The van der Waals surface area contributed by atoms with Gasteiger partial charge in [0.25, 0.3) is 0 Å². The third kappa shape index (κ3) is 2.86. The number of nitrogens with zero attached hydrogens (tertiary/aromatic N) is 3. The third-order valence-corrected chi connectivity index (χ3v) is 5.13.